The fraction of sp³-hybridized carbons (Fsp3) is 0.364. The summed E-state index contributed by atoms with van der Waals surface area (Å²) >= 11 is 6.14. The zero-order chi connectivity index (χ0) is 19.4. The number of para-hydroxylation sites is 1. The van der Waals surface area contributed by atoms with E-state index in [4.69, 9.17) is 11.6 Å². The van der Waals surface area contributed by atoms with Gasteiger partial charge in [-0.3, -0.25) is 9.59 Å². The monoisotopic (exact) mass is 384 g/mol. The zero-order valence-corrected chi connectivity index (χ0v) is 16.5. The number of hydrogen-bond acceptors (Lipinski definition) is 2. The van der Waals surface area contributed by atoms with Crippen molar-refractivity contribution < 1.29 is 9.59 Å². The van der Waals surface area contributed by atoms with Gasteiger partial charge in [-0.05, 0) is 48.4 Å². The fourth-order valence-electron chi connectivity index (χ4n) is 3.30. The molecule has 2 N–H and O–H groups in total. The summed E-state index contributed by atoms with van der Waals surface area (Å²) < 4.78 is 0. The lowest BCUT2D eigenvalue weighted by Gasteiger charge is -2.19. The lowest BCUT2D eigenvalue weighted by molar-refractivity contribution is -0.134. The summed E-state index contributed by atoms with van der Waals surface area (Å²) in [6, 6.07) is 13.4. The molecule has 0 atom stereocenters. The van der Waals surface area contributed by atoms with Gasteiger partial charge in [0, 0.05) is 17.3 Å². The number of carbonyl (C=O) groups is 2. The van der Waals surface area contributed by atoms with E-state index in [1.807, 2.05) is 36.4 Å². The first-order chi connectivity index (χ1) is 13.0. The van der Waals surface area contributed by atoms with Crippen LogP contribution in [0.4, 0.5) is 5.69 Å². The largest absolute Gasteiger partial charge is 0.351 e. The highest BCUT2D eigenvalue weighted by atomic mass is 35.5. The maximum atomic E-state index is 13.0. The number of anilines is 1. The minimum absolute atomic E-state index is 0.213. The molecule has 1 aliphatic rings. The maximum Gasteiger partial charge on any atom is 0.240 e. The van der Waals surface area contributed by atoms with Crippen molar-refractivity contribution in [2.24, 2.45) is 5.41 Å². The minimum Gasteiger partial charge on any atom is -0.351 e. The first-order valence-electron chi connectivity index (χ1n) is 9.45. The number of benzene rings is 2. The van der Waals surface area contributed by atoms with Gasteiger partial charge in [0.05, 0.1) is 0 Å². The molecule has 2 amide bonds. The number of halogens is 1. The summed E-state index contributed by atoms with van der Waals surface area (Å²) in [5.41, 5.74) is 2.92. The van der Waals surface area contributed by atoms with Crippen molar-refractivity contribution in [3.05, 3.63) is 64.2 Å². The number of aryl methyl sites for hydroxylation is 2. The third-order valence-corrected chi connectivity index (χ3v) is 5.62. The van der Waals surface area contributed by atoms with Gasteiger partial charge in [0.25, 0.3) is 0 Å². The Hall–Kier alpha value is -2.33. The molecule has 0 spiro atoms. The average molecular weight is 385 g/mol. The van der Waals surface area contributed by atoms with E-state index in [-0.39, 0.29) is 11.8 Å². The topological polar surface area (TPSA) is 58.2 Å². The summed E-state index contributed by atoms with van der Waals surface area (Å²) in [5.74, 6) is -0.443. The first-order valence-corrected chi connectivity index (χ1v) is 9.83. The molecule has 0 bridgehead atoms. The van der Waals surface area contributed by atoms with E-state index in [2.05, 4.69) is 24.5 Å². The molecule has 0 saturated heterocycles. The minimum atomic E-state index is -0.965. The summed E-state index contributed by atoms with van der Waals surface area (Å²) in [6.45, 7) is 4.44. The summed E-state index contributed by atoms with van der Waals surface area (Å²) in [6.07, 6.45) is 2.80. The normalized spacial score (nSPS) is 14.5. The van der Waals surface area contributed by atoms with Gasteiger partial charge >= 0.3 is 0 Å². The van der Waals surface area contributed by atoms with Gasteiger partial charge in [-0.15, -0.1) is 0 Å². The van der Waals surface area contributed by atoms with E-state index >= 15 is 0 Å². The second kappa shape index (κ2) is 8.13. The van der Waals surface area contributed by atoms with Crippen molar-refractivity contribution in [3.8, 4) is 0 Å². The Kier molecular flexibility index (Phi) is 5.85. The molecule has 0 unspecified atom stereocenters. The van der Waals surface area contributed by atoms with E-state index in [1.54, 1.807) is 6.07 Å². The third kappa shape index (κ3) is 4.01. The van der Waals surface area contributed by atoms with Crippen LogP contribution in [0.5, 0.6) is 0 Å². The van der Waals surface area contributed by atoms with Crippen LogP contribution in [0.1, 0.15) is 43.4 Å². The van der Waals surface area contributed by atoms with E-state index in [1.165, 1.54) is 0 Å². The number of nitrogens with one attached hydrogen (secondary N) is 2. The van der Waals surface area contributed by atoms with Gasteiger partial charge in [0.1, 0.15) is 5.41 Å². The van der Waals surface area contributed by atoms with Crippen molar-refractivity contribution in [1.82, 2.24) is 5.32 Å². The predicted octanol–water partition coefficient (Wildman–Crippen LogP) is 4.50. The molecule has 4 nitrogen and oxygen atoms in total. The van der Waals surface area contributed by atoms with E-state index in [0.717, 1.165) is 35.2 Å². The number of hydrogen-bond donors (Lipinski definition) is 2. The van der Waals surface area contributed by atoms with Crippen LogP contribution in [0.3, 0.4) is 0 Å². The van der Waals surface area contributed by atoms with E-state index in [9.17, 15) is 9.59 Å². The summed E-state index contributed by atoms with van der Waals surface area (Å²) in [4.78, 5) is 25.7. The Balaban J connectivity index is 1.71. The van der Waals surface area contributed by atoms with Gasteiger partial charge in [0.15, 0.2) is 0 Å². The highest BCUT2D eigenvalue weighted by Gasteiger charge is 2.56. The van der Waals surface area contributed by atoms with Crippen LogP contribution < -0.4 is 10.6 Å². The molecular weight excluding hydrogens is 360 g/mol. The van der Waals surface area contributed by atoms with Crippen LogP contribution in [0, 0.1) is 5.41 Å². The third-order valence-electron chi connectivity index (χ3n) is 5.25. The van der Waals surface area contributed by atoms with Crippen LogP contribution in [0.25, 0.3) is 0 Å². The van der Waals surface area contributed by atoms with Crippen molar-refractivity contribution >= 4 is 29.1 Å². The van der Waals surface area contributed by atoms with E-state index < -0.39 is 5.41 Å². The summed E-state index contributed by atoms with van der Waals surface area (Å²) in [5, 5.41) is 6.54. The smallest absolute Gasteiger partial charge is 0.240 e. The van der Waals surface area contributed by atoms with Crippen molar-refractivity contribution in [1.29, 1.82) is 0 Å². The molecule has 0 radical (unpaired) electrons. The van der Waals surface area contributed by atoms with Crippen LogP contribution >= 0.6 is 11.6 Å². The van der Waals surface area contributed by atoms with Crippen molar-refractivity contribution in [2.75, 3.05) is 5.32 Å². The van der Waals surface area contributed by atoms with Crippen molar-refractivity contribution in [3.63, 3.8) is 0 Å². The highest BCUT2D eigenvalue weighted by molar-refractivity contribution is 6.31. The Labute approximate surface area is 165 Å². The van der Waals surface area contributed by atoms with E-state index in [0.29, 0.717) is 24.4 Å². The molecule has 1 fully saturated rings. The molecule has 0 aliphatic heterocycles. The number of rotatable bonds is 7. The first kappa shape index (κ1) is 19.4. The van der Waals surface area contributed by atoms with Crippen molar-refractivity contribution in [2.45, 2.75) is 46.1 Å². The van der Waals surface area contributed by atoms with Crippen LogP contribution in [0.15, 0.2) is 42.5 Å². The molecule has 0 aromatic heterocycles. The fourth-order valence-corrected chi connectivity index (χ4v) is 3.51. The molecule has 5 heteroatoms. The predicted molar refractivity (Wildman–Crippen MR) is 109 cm³/mol. The molecule has 2 aromatic rings. The average Bonchev–Trinajstić information content (AvgIpc) is 3.49. The Morgan fingerprint density at radius 2 is 1.52 bits per heavy atom. The molecular formula is C22H25ClN2O2. The number of amides is 2. The summed E-state index contributed by atoms with van der Waals surface area (Å²) in [7, 11) is 0. The lowest BCUT2D eigenvalue weighted by atomic mass is 10.0. The van der Waals surface area contributed by atoms with Gasteiger partial charge in [-0.2, -0.15) is 0 Å². The molecule has 1 saturated carbocycles. The Morgan fingerprint density at radius 3 is 2.07 bits per heavy atom. The second-order valence-electron chi connectivity index (χ2n) is 6.97. The van der Waals surface area contributed by atoms with Gasteiger partial charge in [-0.1, -0.05) is 61.8 Å². The van der Waals surface area contributed by atoms with Crippen LogP contribution in [-0.2, 0) is 29.0 Å². The molecule has 142 valence electrons. The van der Waals surface area contributed by atoms with Crippen LogP contribution in [0.2, 0.25) is 5.02 Å². The van der Waals surface area contributed by atoms with Gasteiger partial charge in [0.2, 0.25) is 11.8 Å². The molecule has 27 heavy (non-hydrogen) atoms. The van der Waals surface area contributed by atoms with Gasteiger partial charge in [-0.25, -0.2) is 0 Å². The highest BCUT2D eigenvalue weighted by Crippen LogP contribution is 2.47. The number of carbonyl (C=O) groups excluding carboxylic acids is 2. The zero-order valence-electron chi connectivity index (χ0n) is 15.8. The standard InChI is InChI=1S/C22H25ClN2O2/c1-3-15-9-7-10-16(4-2)19(15)25-21(27)22(12-13-22)20(26)24-14-17-8-5-6-11-18(17)23/h5-11H,3-4,12-14H2,1-2H3,(H,24,26)(H,25,27). The second-order valence-corrected chi connectivity index (χ2v) is 7.38. The maximum absolute atomic E-state index is 13.0. The Morgan fingerprint density at radius 1 is 0.926 bits per heavy atom. The molecule has 2 aromatic carbocycles. The molecule has 3 rings (SSSR count). The SMILES string of the molecule is CCc1cccc(CC)c1NC(=O)C1(C(=O)NCc2ccccc2Cl)CC1. The molecule has 1 aliphatic carbocycles. The Bertz CT molecular complexity index is 837. The van der Waals surface area contributed by atoms with Gasteiger partial charge < -0.3 is 10.6 Å². The lowest BCUT2D eigenvalue weighted by Crippen LogP contribution is -2.40. The van der Waals surface area contributed by atoms with Crippen LogP contribution in [-0.4, -0.2) is 11.8 Å². The quantitative estimate of drug-likeness (QED) is 0.690. The molecule has 0 heterocycles.